The first-order valence-corrected chi connectivity index (χ1v) is 7.95. The maximum absolute atomic E-state index is 4.28. The molecule has 3 rings (SSSR count). The molecule has 0 spiro atoms. The number of hydrazone groups is 1. The van der Waals surface area contributed by atoms with E-state index in [9.17, 15) is 0 Å². The lowest BCUT2D eigenvalue weighted by Gasteiger charge is -2.25. The molecule has 0 aliphatic heterocycles. The van der Waals surface area contributed by atoms with Gasteiger partial charge in [0.2, 0.25) is 0 Å². The average Bonchev–Trinajstić information content (AvgIpc) is 2.63. The lowest BCUT2D eigenvalue weighted by atomic mass is 10.1. The molecule has 0 N–H and O–H groups in total. The maximum atomic E-state index is 4.28. The summed E-state index contributed by atoms with van der Waals surface area (Å²) in [5, 5.41) is 6.07. The summed E-state index contributed by atoms with van der Waals surface area (Å²) < 4.78 is 0. The monoisotopic (exact) mass is 315 g/mol. The van der Waals surface area contributed by atoms with Crippen molar-refractivity contribution in [1.29, 1.82) is 0 Å². The van der Waals surface area contributed by atoms with Crippen LogP contribution in [0.15, 0.2) is 90.0 Å². The standard InChI is InChI=1S/C21H21N3/c1-23(2)22-17-18-13-15-21(16-14-18)24(19-9-5-3-6-10-19)20-11-7-4-8-12-20/h3-17H,1-2H3/b22-17+. The van der Waals surface area contributed by atoms with Crippen LogP contribution >= 0.6 is 0 Å². The molecular formula is C21H21N3. The first-order chi connectivity index (χ1) is 11.7. The lowest BCUT2D eigenvalue weighted by molar-refractivity contribution is 0.440. The van der Waals surface area contributed by atoms with E-state index in [0.29, 0.717) is 0 Å². The zero-order valence-electron chi connectivity index (χ0n) is 14.0. The van der Waals surface area contributed by atoms with Gasteiger partial charge in [-0.3, -0.25) is 0 Å². The minimum Gasteiger partial charge on any atom is -0.311 e. The van der Waals surface area contributed by atoms with Gasteiger partial charge in [0.1, 0.15) is 0 Å². The van der Waals surface area contributed by atoms with Crippen LogP contribution in [0.5, 0.6) is 0 Å². The molecule has 0 aliphatic carbocycles. The number of anilines is 3. The predicted octanol–water partition coefficient (Wildman–Crippen LogP) is 5.05. The fourth-order valence-electron chi connectivity index (χ4n) is 2.49. The lowest BCUT2D eigenvalue weighted by Crippen LogP contribution is -2.09. The highest BCUT2D eigenvalue weighted by Crippen LogP contribution is 2.33. The van der Waals surface area contributed by atoms with Gasteiger partial charge in [0.25, 0.3) is 0 Å². The summed E-state index contributed by atoms with van der Waals surface area (Å²) in [6, 6.07) is 29.2. The van der Waals surface area contributed by atoms with Crippen LogP contribution in [0.2, 0.25) is 0 Å². The molecule has 0 atom stereocenters. The third-order valence-corrected chi connectivity index (χ3v) is 3.62. The molecule has 24 heavy (non-hydrogen) atoms. The Morgan fingerprint density at radius 1 is 0.625 bits per heavy atom. The Hall–Kier alpha value is -3.07. The van der Waals surface area contributed by atoms with E-state index in [-0.39, 0.29) is 0 Å². The van der Waals surface area contributed by atoms with Crippen molar-refractivity contribution in [3.63, 3.8) is 0 Å². The second-order valence-corrected chi connectivity index (χ2v) is 5.69. The normalized spacial score (nSPS) is 10.8. The molecule has 3 aromatic carbocycles. The maximum Gasteiger partial charge on any atom is 0.0542 e. The van der Waals surface area contributed by atoms with Crippen LogP contribution in [0.4, 0.5) is 17.1 Å². The van der Waals surface area contributed by atoms with E-state index in [1.807, 2.05) is 32.4 Å². The number of nitrogens with zero attached hydrogens (tertiary/aromatic N) is 3. The molecule has 0 amide bonds. The van der Waals surface area contributed by atoms with Crippen molar-refractivity contribution in [2.75, 3.05) is 19.0 Å². The van der Waals surface area contributed by atoms with Gasteiger partial charge in [-0.05, 0) is 42.0 Å². The van der Waals surface area contributed by atoms with Gasteiger partial charge in [-0.15, -0.1) is 0 Å². The first-order valence-electron chi connectivity index (χ1n) is 7.95. The highest BCUT2D eigenvalue weighted by molar-refractivity contribution is 5.82. The zero-order valence-corrected chi connectivity index (χ0v) is 14.0. The van der Waals surface area contributed by atoms with E-state index in [0.717, 1.165) is 22.6 Å². The molecule has 0 radical (unpaired) electrons. The van der Waals surface area contributed by atoms with Gasteiger partial charge in [-0.25, -0.2) is 0 Å². The third-order valence-electron chi connectivity index (χ3n) is 3.62. The van der Waals surface area contributed by atoms with E-state index < -0.39 is 0 Å². The topological polar surface area (TPSA) is 18.8 Å². The smallest absolute Gasteiger partial charge is 0.0542 e. The van der Waals surface area contributed by atoms with Gasteiger partial charge < -0.3 is 9.91 Å². The Balaban J connectivity index is 1.97. The molecule has 0 bridgehead atoms. The van der Waals surface area contributed by atoms with Gasteiger partial charge in [-0.2, -0.15) is 5.10 Å². The Morgan fingerprint density at radius 3 is 1.54 bits per heavy atom. The molecule has 0 heterocycles. The van der Waals surface area contributed by atoms with Crippen LogP contribution < -0.4 is 4.90 Å². The molecule has 3 nitrogen and oxygen atoms in total. The molecule has 0 fully saturated rings. The number of rotatable bonds is 5. The van der Waals surface area contributed by atoms with E-state index >= 15 is 0 Å². The zero-order chi connectivity index (χ0) is 16.8. The van der Waals surface area contributed by atoms with Gasteiger partial charge in [0.15, 0.2) is 0 Å². The molecule has 0 unspecified atom stereocenters. The Bertz CT molecular complexity index is 739. The van der Waals surface area contributed by atoms with Gasteiger partial charge in [0, 0.05) is 31.2 Å². The Kier molecular flexibility index (Phi) is 4.92. The summed E-state index contributed by atoms with van der Waals surface area (Å²) in [5.41, 5.74) is 4.47. The van der Waals surface area contributed by atoms with Gasteiger partial charge in [0.05, 0.1) is 6.21 Å². The minimum absolute atomic E-state index is 1.08. The fraction of sp³-hybridized carbons (Fsp3) is 0.0952. The summed E-state index contributed by atoms with van der Waals surface area (Å²) in [5.74, 6) is 0. The van der Waals surface area contributed by atoms with Crippen molar-refractivity contribution in [2.24, 2.45) is 5.10 Å². The highest BCUT2D eigenvalue weighted by atomic mass is 15.4. The molecule has 3 aromatic rings. The predicted molar refractivity (Wildman–Crippen MR) is 102 cm³/mol. The largest absolute Gasteiger partial charge is 0.311 e. The molecular weight excluding hydrogens is 294 g/mol. The summed E-state index contributed by atoms with van der Waals surface area (Å²) >= 11 is 0. The van der Waals surface area contributed by atoms with E-state index in [4.69, 9.17) is 0 Å². The average molecular weight is 315 g/mol. The van der Waals surface area contributed by atoms with Crippen molar-refractivity contribution in [1.82, 2.24) is 5.01 Å². The number of para-hydroxylation sites is 2. The van der Waals surface area contributed by atoms with Crippen molar-refractivity contribution >= 4 is 23.3 Å². The van der Waals surface area contributed by atoms with Gasteiger partial charge >= 0.3 is 0 Å². The molecule has 120 valence electrons. The van der Waals surface area contributed by atoms with Crippen molar-refractivity contribution in [2.45, 2.75) is 0 Å². The van der Waals surface area contributed by atoms with E-state index in [1.165, 1.54) is 0 Å². The second kappa shape index (κ2) is 7.47. The summed E-state index contributed by atoms with van der Waals surface area (Å²) in [7, 11) is 3.83. The van der Waals surface area contributed by atoms with E-state index in [1.54, 1.807) is 5.01 Å². The molecule has 3 heteroatoms. The fourth-order valence-corrected chi connectivity index (χ4v) is 2.49. The number of hydrogen-bond donors (Lipinski definition) is 0. The molecule has 0 saturated carbocycles. The van der Waals surface area contributed by atoms with Gasteiger partial charge in [-0.1, -0.05) is 48.5 Å². The summed E-state index contributed by atoms with van der Waals surface area (Å²) in [4.78, 5) is 2.24. The van der Waals surface area contributed by atoms with Crippen LogP contribution in [0, 0.1) is 0 Å². The minimum atomic E-state index is 1.08. The van der Waals surface area contributed by atoms with Crippen LogP contribution in [0.1, 0.15) is 5.56 Å². The first kappa shape index (κ1) is 15.8. The van der Waals surface area contributed by atoms with Crippen LogP contribution in [0.25, 0.3) is 0 Å². The third kappa shape index (κ3) is 3.82. The van der Waals surface area contributed by atoms with Crippen LogP contribution in [0.3, 0.4) is 0 Å². The quantitative estimate of drug-likeness (QED) is 0.484. The van der Waals surface area contributed by atoms with Crippen molar-refractivity contribution < 1.29 is 0 Å². The summed E-state index contributed by atoms with van der Waals surface area (Å²) in [6.45, 7) is 0. The molecule has 0 saturated heterocycles. The molecule has 0 aromatic heterocycles. The van der Waals surface area contributed by atoms with Crippen LogP contribution in [-0.4, -0.2) is 25.3 Å². The van der Waals surface area contributed by atoms with Crippen molar-refractivity contribution in [3.05, 3.63) is 90.5 Å². The van der Waals surface area contributed by atoms with E-state index in [2.05, 4.69) is 82.8 Å². The Labute approximate surface area is 143 Å². The second-order valence-electron chi connectivity index (χ2n) is 5.69. The van der Waals surface area contributed by atoms with Crippen LogP contribution in [-0.2, 0) is 0 Å². The Morgan fingerprint density at radius 2 is 1.08 bits per heavy atom. The highest BCUT2D eigenvalue weighted by Gasteiger charge is 2.11. The summed E-state index contributed by atoms with van der Waals surface area (Å²) in [6.07, 6.45) is 1.86. The molecule has 0 aliphatic rings. The number of hydrogen-bond acceptors (Lipinski definition) is 3. The number of benzene rings is 3. The van der Waals surface area contributed by atoms with Crippen molar-refractivity contribution in [3.8, 4) is 0 Å². The SMILES string of the molecule is CN(C)/N=C/c1ccc(N(c2ccccc2)c2ccccc2)cc1.